The molecule has 0 N–H and O–H groups in total. The maximum atomic E-state index is 11.7. The van der Waals surface area contributed by atoms with Crippen LogP contribution in [0.2, 0.25) is 0 Å². The average Bonchev–Trinajstić information content (AvgIpc) is 2.84. The lowest BCUT2D eigenvalue weighted by Crippen LogP contribution is -2.41. The number of hydrogen-bond donors (Lipinski definition) is 0. The van der Waals surface area contributed by atoms with Crippen LogP contribution in [0.3, 0.4) is 0 Å². The summed E-state index contributed by atoms with van der Waals surface area (Å²) < 4.78 is 4.75. The first kappa shape index (κ1) is 12.1. The van der Waals surface area contributed by atoms with Crippen LogP contribution >= 0.6 is 15.9 Å². The summed E-state index contributed by atoms with van der Waals surface area (Å²) in [6.07, 6.45) is 0.412. The van der Waals surface area contributed by atoms with Crippen LogP contribution in [-0.4, -0.2) is 29.7 Å². The summed E-state index contributed by atoms with van der Waals surface area (Å²) in [5.74, 6) is -0.413. The van der Waals surface area contributed by atoms with Crippen molar-refractivity contribution in [2.75, 3.05) is 12.4 Å². The molecule has 0 saturated carbocycles. The summed E-state index contributed by atoms with van der Waals surface area (Å²) in [6.45, 7) is 0. The normalized spacial score (nSPS) is 22.8. The molecular weight excluding hydrogens is 286 g/mol. The van der Waals surface area contributed by atoms with Crippen molar-refractivity contribution < 1.29 is 14.4 Å². The Kier molecular flexibility index (Phi) is 3.47. The van der Waals surface area contributed by atoms with Gasteiger partial charge in [0.1, 0.15) is 0 Å². The molecule has 1 aliphatic heterocycles. The number of hydrogen-bond acceptors (Lipinski definition) is 4. The monoisotopic (exact) mass is 297 g/mol. The molecule has 17 heavy (non-hydrogen) atoms. The Morgan fingerprint density at radius 2 is 2.24 bits per heavy atom. The van der Waals surface area contributed by atoms with Crippen LogP contribution < -0.4 is 0 Å². The van der Waals surface area contributed by atoms with Crippen LogP contribution in [0.5, 0.6) is 0 Å². The van der Waals surface area contributed by atoms with E-state index < -0.39 is 11.6 Å². The molecule has 0 saturated heterocycles. The van der Waals surface area contributed by atoms with Gasteiger partial charge in [-0.3, -0.25) is 0 Å². The van der Waals surface area contributed by atoms with Crippen LogP contribution in [0.1, 0.15) is 12.0 Å². The molecule has 4 nitrogen and oxygen atoms in total. The molecule has 1 heterocycles. The third-order valence-corrected chi connectivity index (χ3v) is 3.57. The second kappa shape index (κ2) is 4.87. The van der Waals surface area contributed by atoms with Gasteiger partial charge in [-0.15, -0.1) is 0 Å². The lowest BCUT2D eigenvalue weighted by molar-refractivity contribution is -0.163. The molecule has 0 bridgehead atoms. The predicted molar refractivity (Wildman–Crippen MR) is 67.2 cm³/mol. The zero-order valence-electron chi connectivity index (χ0n) is 9.35. The highest BCUT2D eigenvalue weighted by Gasteiger charge is 2.47. The Bertz CT molecular complexity index is 446. The van der Waals surface area contributed by atoms with Gasteiger partial charge in [-0.2, -0.15) is 0 Å². The minimum absolute atomic E-state index is 0.354. The molecule has 5 heteroatoms. The molecule has 0 amide bonds. The van der Waals surface area contributed by atoms with Crippen molar-refractivity contribution in [1.82, 2.24) is 0 Å². The van der Waals surface area contributed by atoms with E-state index in [1.54, 1.807) is 0 Å². The molecular formula is C12H12BrNO3. The number of oxime groups is 1. The second-order valence-corrected chi connectivity index (χ2v) is 4.35. The van der Waals surface area contributed by atoms with E-state index in [0.717, 1.165) is 11.3 Å². The smallest absolute Gasteiger partial charge is 0.354 e. The van der Waals surface area contributed by atoms with Crippen molar-refractivity contribution in [3.8, 4) is 0 Å². The summed E-state index contributed by atoms with van der Waals surface area (Å²) in [5.41, 5.74) is 0.689. The first-order chi connectivity index (χ1) is 8.22. The SMILES string of the molecule is COC(=O)C1(CBr)CC(c2ccccc2)=NO1. The van der Waals surface area contributed by atoms with Gasteiger partial charge in [0, 0.05) is 6.42 Å². The standard InChI is InChI=1S/C12H12BrNO3/c1-16-11(15)12(8-13)7-10(14-17-12)9-5-3-2-4-6-9/h2-6H,7-8H2,1H3. The highest BCUT2D eigenvalue weighted by Crippen LogP contribution is 2.29. The van der Waals surface area contributed by atoms with E-state index in [1.165, 1.54) is 7.11 Å². The number of ether oxygens (including phenoxy) is 1. The number of alkyl halides is 1. The molecule has 90 valence electrons. The van der Waals surface area contributed by atoms with Gasteiger partial charge in [0.25, 0.3) is 0 Å². The van der Waals surface area contributed by atoms with Crippen molar-refractivity contribution >= 4 is 27.6 Å². The van der Waals surface area contributed by atoms with E-state index in [1.807, 2.05) is 30.3 Å². The lowest BCUT2D eigenvalue weighted by Gasteiger charge is -2.20. The number of esters is 1. The number of halogens is 1. The van der Waals surface area contributed by atoms with Gasteiger partial charge in [0.05, 0.1) is 18.2 Å². The van der Waals surface area contributed by atoms with Gasteiger partial charge < -0.3 is 9.57 Å². The molecule has 1 atom stereocenters. The summed E-state index contributed by atoms with van der Waals surface area (Å²) in [6, 6.07) is 9.64. The number of benzene rings is 1. The quantitative estimate of drug-likeness (QED) is 0.634. The topological polar surface area (TPSA) is 47.9 Å². The molecule has 2 rings (SSSR count). The number of carbonyl (C=O) groups is 1. The first-order valence-electron chi connectivity index (χ1n) is 5.17. The minimum Gasteiger partial charge on any atom is -0.466 e. The van der Waals surface area contributed by atoms with Crippen LogP contribution in [0.25, 0.3) is 0 Å². The molecule has 0 aromatic heterocycles. The van der Waals surface area contributed by atoms with E-state index in [0.29, 0.717) is 11.8 Å². The molecule has 1 aromatic carbocycles. The maximum absolute atomic E-state index is 11.7. The van der Waals surface area contributed by atoms with Crippen molar-refractivity contribution in [2.45, 2.75) is 12.0 Å². The highest BCUT2D eigenvalue weighted by molar-refractivity contribution is 9.09. The van der Waals surface area contributed by atoms with Crippen LogP contribution in [0.4, 0.5) is 0 Å². The maximum Gasteiger partial charge on any atom is 0.354 e. The van der Waals surface area contributed by atoms with Gasteiger partial charge in [-0.1, -0.05) is 51.4 Å². The van der Waals surface area contributed by atoms with Crippen LogP contribution in [-0.2, 0) is 14.4 Å². The third-order valence-electron chi connectivity index (χ3n) is 2.66. The third kappa shape index (κ3) is 2.20. The predicted octanol–water partition coefficient (Wildman–Crippen LogP) is 2.12. The number of carbonyl (C=O) groups excluding carboxylic acids is 1. The molecule has 0 radical (unpaired) electrons. The van der Waals surface area contributed by atoms with Crippen molar-refractivity contribution in [3.63, 3.8) is 0 Å². The Labute approximate surface area is 108 Å². The van der Waals surface area contributed by atoms with E-state index in [9.17, 15) is 4.79 Å². The Hall–Kier alpha value is -1.36. The van der Waals surface area contributed by atoms with Crippen LogP contribution in [0.15, 0.2) is 35.5 Å². The molecule has 0 aliphatic carbocycles. The minimum atomic E-state index is -1.03. The lowest BCUT2D eigenvalue weighted by atomic mass is 9.96. The number of nitrogens with zero attached hydrogens (tertiary/aromatic N) is 1. The Balaban J connectivity index is 2.20. The van der Waals surface area contributed by atoms with Crippen molar-refractivity contribution in [2.24, 2.45) is 5.16 Å². The summed E-state index contributed by atoms with van der Waals surface area (Å²) in [7, 11) is 1.34. The van der Waals surface area contributed by atoms with Gasteiger partial charge in [-0.25, -0.2) is 4.79 Å². The zero-order chi connectivity index (χ0) is 12.3. The summed E-state index contributed by atoms with van der Waals surface area (Å²) in [4.78, 5) is 17.0. The van der Waals surface area contributed by atoms with Gasteiger partial charge in [0.15, 0.2) is 0 Å². The second-order valence-electron chi connectivity index (χ2n) is 3.79. The molecule has 1 aromatic rings. The van der Waals surface area contributed by atoms with E-state index >= 15 is 0 Å². The fourth-order valence-electron chi connectivity index (χ4n) is 1.68. The fourth-order valence-corrected chi connectivity index (χ4v) is 2.21. The highest BCUT2D eigenvalue weighted by atomic mass is 79.9. The van der Waals surface area contributed by atoms with Crippen LogP contribution in [0, 0.1) is 0 Å². The Morgan fingerprint density at radius 1 is 1.53 bits per heavy atom. The molecule has 1 unspecified atom stereocenters. The van der Waals surface area contributed by atoms with Gasteiger partial charge >= 0.3 is 5.97 Å². The van der Waals surface area contributed by atoms with E-state index in [-0.39, 0.29) is 0 Å². The summed E-state index contributed by atoms with van der Waals surface area (Å²) >= 11 is 3.28. The average molecular weight is 298 g/mol. The summed E-state index contributed by atoms with van der Waals surface area (Å²) in [5, 5.41) is 4.34. The van der Waals surface area contributed by atoms with E-state index in [2.05, 4.69) is 21.1 Å². The van der Waals surface area contributed by atoms with Crippen molar-refractivity contribution in [3.05, 3.63) is 35.9 Å². The molecule has 1 aliphatic rings. The zero-order valence-corrected chi connectivity index (χ0v) is 10.9. The van der Waals surface area contributed by atoms with Gasteiger partial charge in [0.2, 0.25) is 5.60 Å². The fraction of sp³-hybridized carbons (Fsp3) is 0.333. The van der Waals surface area contributed by atoms with E-state index in [4.69, 9.17) is 9.57 Å². The largest absolute Gasteiger partial charge is 0.466 e. The van der Waals surface area contributed by atoms with Gasteiger partial charge in [-0.05, 0) is 5.56 Å². The van der Waals surface area contributed by atoms with Crippen molar-refractivity contribution in [1.29, 1.82) is 0 Å². The number of rotatable bonds is 3. The number of methoxy groups -OCH3 is 1. The molecule has 0 spiro atoms. The molecule has 0 fully saturated rings. The Morgan fingerprint density at radius 3 is 2.82 bits per heavy atom. The first-order valence-corrected chi connectivity index (χ1v) is 6.29.